The van der Waals surface area contributed by atoms with Crippen LogP contribution in [-0.2, 0) is 4.74 Å². The zero-order chi connectivity index (χ0) is 18.4. The van der Waals surface area contributed by atoms with Crippen LogP contribution >= 0.6 is 0 Å². The molecule has 0 radical (unpaired) electrons. The maximum Gasteiger partial charge on any atom is 0.0919 e. The van der Waals surface area contributed by atoms with Crippen LogP contribution in [0.15, 0.2) is 25.3 Å². The van der Waals surface area contributed by atoms with Crippen LogP contribution < -0.4 is 0 Å². The van der Waals surface area contributed by atoms with Crippen molar-refractivity contribution in [2.24, 2.45) is 10.8 Å². The summed E-state index contributed by atoms with van der Waals surface area (Å²) in [6.45, 7) is 26.4. The Morgan fingerprint density at radius 2 is 1.00 bits per heavy atom. The molecule has 0 aliphatic heterocycles. The summed E-state index contributed by atoms with van der Waals surface area (Å²) in [7, 11) is 0. The molecule has 0 N–H and O–H groups in total. The van der Waals surface area contributed by atoms with E-state index >= 15 is 0 Å². The minimum Gasteiger partial charge on any atom is -0.359 e. The first-order chi connectivity index (χ1) is 10.4. The first kappa shape index (κ1) is 22.4. The maximum atomic E-state index is 7.02. The summed E-state index contributed by atoms with van der Waals surface area (Å²) >= 11 is 0. The second-order valence-corrected chi connectivity index (χ2v) is 9.00. The van der Waals surface area contributed by atoms with Crippen molar-refractivity contribution in [3.05, 3.63) is 25.3 Å². The maximum absolute atomic E-state index is 7.02. The molecule has 0 rings (SSSR count). The standard InChI is InChI=1S/C22H42O/c1-11-15-17-21(13-3,19(5,6)7)23-22(14-4,18-16-12-2)20(8,9)10/h13-14H,3-4,11-12,15-18H2,1-2,5-10H3. The predicted octanol–water partition coefficient (Wildman–Crippen LogP) is 7.33. The number of hydrogen-bond donors (Lipinski definition) is 0. The Morgan fingerprint density at radius 3 is 1.17 bits per heavy atom. The number of rotatable bonds is 10. The fourth-order valence-corrected chi connectivity index (χ4v) is 3.26. The van der Waals surface area contributed by atoms with Gasteiger partial charge in [-0.1, -0.05) is 93.2 Å². The second-order valence-electron chi connectivity index (χ2n) is 9.00. The normalized spacial score (nSPS) is 18.1. The van der Waals surface area contributed by atoms with Gasteiger partial charge in [-0.25, -0.2) is 0 Å². The molecule has 0 saturated carbocycles. The van der Waals surface area contributed by atoms with E-state index in [9.17, 15) is 0 Å². The van der Waals surface area contributed by atoms with E-state index in [1.165, 1.54) is 12.8 Å². The molecule has 0 aliphatic rings. The van der Waals surface area contributed by atoms with Gasteiger partial charge < -0.3 is 4.74 Å². The number of ether oxygens (including phenoxy) is 1. The van der Waals surface area contributed by atoms with Crippen molar-refractivity contribution < 1.29 is 4.74 Å². The summed E-state index contributed by atoms with van der Waals surface area (Å²) in [5.41, 5.74) is -0.679. The van der Waals surface area contributed by atoms with Crippen LogP contribution in [0, 0.1) is 10.8 Å². The summed E-state index contributed by atoms with van der Waals surface area (Å²) in [5.74, 6) is 0. The van der Waals surface area contributed by atoms with E-state index in [4.69, 9.17) is 4.74 Å². The average Bonchev–Trinajstić information content (AvgIpc) is 2.44. The Bertz CT molecular complexity index is 332. The molecule has 0 heterocycles. The molecule has 2 atom stereocenters. The third kappa shape index (κ3) is 5.21. The van der Waals surface area contributed by atoms with E-state index in [1.54, 1.807) is 0 Å². The topological polar surface area (TPSA) is 9.23 Å². The lowest BCUT2D eigenvalue weighted by molar-refractivity contribution is -0.200. The van der Waals surface area contributed by atoms with Crippen molar-refractivity contribution in [2.75, 3.05) is 0 Å². The largest absolute Gasteiger partial charge is 0.359 e. The van der Waals surface area contributed by atoms with Gasteiger partial charge in [-0.3, -0.25) is 0 Å². The SMILES string of the molecule is C=CC(CCCC)(OC(C=C)(CCCC)C(C)(C)C)C(C)(C)C. The Kier molecular flexibility index (Phi) is 8.30. The first-order valence-corrected chi connectivity index (χ1v) is 9.42. The van der Waals surface area contributed by atoms with Crippen LogP contribution in [0.2, 0.25) is 0 Å². The molecule has 0 aromatic carbocycles. The van der Waals surface area contributed by atoms with Gasteiger partial charge in [-0.05, 0) is 23.7 Å². The molecule has 1 heteroatoms. The molecule has 0 aliphatic carbocycles. The fourth-order valence-electron chi connectivity index (χ4n) is 3.26. The molecule has 0 spiro atoms. The van der Waals surface area contributed by atoms with Crippen molar-refractivity contribution >= 4 is 0 Å². The molecule has 0 fully saturated rings. The highest BCUT2D eigenvalue weighted by atomic mass is 16.5. The monoisotopic (exact) mass is 322 g/mol. The van der Waals surface area contributed by atoms with Gasteiger partial charge in [0.2, 0.25) is 0 Å². The van der Waals surface area contributed by atoms with Gasteiger partial charge in [0.25, 0.3) is 0 Å². The molecule has 136 valence electrons. The van der Waals surface area contributed by atoms with E-state index in [0.717, 1.165) is 25.7 Å². The van der Waals surface area contributed by atoms with Crippen molar-refractivity contribution in [1.29, 1.82) is 0 Å². The summed E-state index contributed by atoms with van der Waals surface area (Å²) in [6.07, 6.45) is 10.8. The lowest BCUT2D eigenvalue weighted by Gasteiger charge is -2.53. The lowest BCUT2D eigenvalue weighted by atomic mass is 9.69. The highest BCUT2D eigenvalue weighted by molar-refractivity contribution is 5.13. The highest BCUT2D eigenvalue weighted by Gasteiger charge is 2.49. The van der Waals surface area contributed by atoms with Crippen molar-refractivity contribution in [2.45, 2.75) is 105 Å². The highest BCUT2D eigenvalue weighted by Crippen LogP contribution is 2.48. The Morgan fingerprint density at radius 1 is 0.696 bits per heavy atom. The van der Waals surface area contributed by atoms with Gasteiger partial charge in [0.1, 0.15) is 0 Å². The zero-order valence-electron chi connectivity index (χ0n) is 17.2. The van der Waals surface area contributed by atoms with Crippen molar-refractivity contribution in [3.63, 3.8) is 0 Å². The third-order valence-electron chi connectivity index (χ3n) is 5.37. The van der Waals surface area contributed by atoms with Gasteiger partial charge in [0.05, 0.1) is 11.2 Å². The Hall–Kier alpha value is -0.560. The van der Waals surface area contributed by atoms with Crippen LogP contribution in [0.5, 0.6) is 0 Å². The Balaban J connectivity index is 5.94. The molecule has 23 heavy (non-hydrogen) atoms. The van der Waals surface area contributed by atoms with Gasteiger partial charge in [0.15, 0.2) is 0 Å². The zero-order valence-corrected chi connectivity index (χ0v) is 17.2. The minimum absolute atomic E-state index is 0.00432. The number of unbranched alkanes of at least 4 members (excludes halogenated alkanes) is 2. The van der Waals surface area contributed by atoms with E-state index in [-0.39, 0.29) is 22.0 Å². The molecule has 0 aromatic heterocycles. The van der Waals surface area contributed by atoms with E-state index in [2.05, 4.69) is 80.7 Å². The van der Waals surface area contributed by atoms with Gasteiger partial charge in [-0.15, -0.1) is 13.2 Å². The Labute approximate surface area is 146 Å². The molecule has 0 amide bonds. The van der Waals surface area contributed by atoms with Crippen LogP contribution in [-0.4, -0.2) is 11.2 Å². The van der Waals surface area contributed by atoms with Crippen molar-refractivity contribution in [3.8, 4) is 0 Å². The molecule has 2 unspecified atom stereocenters. The molecule has 1 nitrogen and oxygen atoms in total. The third-order valence-corrected chi connectivity index (χ3v) is 5.37. The van der Waals surface area contributed by atoms with Crippen LogP contribution in [0.25, 0.3) is 0 Å². The predicted molar refractivity (Wildman–Crippen MR) is 105 cm³/mol. The summed E-state index contributed by atoms with van der Waals surface area (Å²) in [6, 6.07) is 0. The van der Waals surface area contributed by atoms with Gasteiger partial charge >= 0.3 is 0 Å². The average molecular weight is 323 g/mol. The molecule has 0 saturated heterocycles. The summed E-state index contributed by atoms with van der Waals surface area (Å²) in [4.78, 5) is 0. The van der Waals surface area contributed by atoms with E-state index < -0.39 is 0 Å². The molecule has 0 bridgehead atoms. The second kappa shape index (κ2) is 8.51. The minimum atomic E-state index is -0.335. The lowest BCUT2D eigenvalue weighted by Crippen LogP contribution is -2.55. The van der Waals surface area contributed by atoms with Gasteiger partial charge in [-0.2, -0.15) is 0 Å². The fraction of sp³-hybridized carbons (Fsp3) is 0.818. The van der Waals surface area contributed by atoms with E-state index in [0.29, 0.717) is 0 Å². The van der Waals surface area contributed by atoms with Gasteiger partial charge in [0, 0.05) is 0 Å². The first-order valence-electron chi connectivity index (χ1n) is 9.42. The van der Waals surface area contributed by atoms with Crippen LogP contribution in [0.4, 0.5) is 0 Å². The smallest absolute Gasteiger partial charge is 0.0919 e. The summed E-state index contributed by atoms with van der Waals surface area (Å²) < 4.78 is 7.02. The molecular weight excluding hydrogens is 280 g/mol. The molecule has 0 aromatic rings. The quantitative estimate of drug-likeness (QED) is 0.383. The van der Waals surface area contributed by atoms with E-state index in [1.807, 2.05) is 0 Å². The molecular formula is C22H42O. The summed E-state index contributed by atoms with van der Waals surface area (Å²) in [5, 5.41) is 0. The van der Waals surface area contributed by atoms with Crippen LogP contribution in [0.3, 0.4) is 0 Å². The number of hydrogen-bond acceptors (Lipinski definition) is 1. The van der Waals surface area contributed by atoms with Crippen LogP contribution in [0.1, 0.15) is 93.9 Å². The van der Waals surface area contributed by atoms with Crippen molar-refractivity contribution in [1.82, 2.24) is 0 Å².